The van der Waals surface area contributed by atoms with Crippen LogP contribution in [0.1, 0.15) is 12.5 Å². The maximum absolute atomic E-state index is 13.6. The second-order valence-corrected chi connectivity index (χ2v) is 5.04. The minimum Gasteiger partial charge on any atom is -0.469 e. The number of hydrogen-bond acceptors (Lipinski definition) is 3. The summed E-state index contributed by atoms with van der Waals surface area (Å²) >= 11 is 0. The highest BCUT2D eigenvalue weighted by atomic mass is 19.1. The molecule has 2 unspecified atom stereocenters. The van der Waals surface area contributed by atoms with E-state index in [2.05, 4.69) is 0 Å². The van der Waals surface area contributed by atoms with Gasteiger partial charge in [0, 0.05) is 31.3 Å². The van der Waals surface area contributed by atoms with E-state index in [0.29, 0.717) is 25.2 Å². The molecule has 0 aliphatic carbocycles. The highest BCUT2D eigenvalue weighted by Crippen LogP contribution is 2.26. The number of rotatable bonds is 3. The van der Waals surface area contributed by atoms with Crippen molar-refractivity contribution in [1.29, 1.82) is 0 Å². The summed E-state index contributed by atoms with van der Waals surface area (Å²) in [5.41, 5.74) is 0.444. The molecule has 1 fully saturated rings. The molecule has 0 N–H and O–H groups in total. The lowest BCUT2D eigenvalue weighted by atomic mass is 9.99. The van der Waals surface area contributed by atoms with Crippen molar-refractivity contribution in [2.45, 2.75) is 13.5 Å². The molecule has 0 spiro atoms. The van der Waals surface area contributed by atoms with Gasteiger partial charge in [0.05, 0.1) is 13.0 Å². The van der Waals surface area contributed by atoms with Crippen LogP contribution in [0.4, 0.5) is 8.78 Å². The molecule has 0 saturated carbocycles. The minimum absolute atomic E-state index is 0.173. The predicted molar refractivity (Wildman–Crippen MR) is 66.3 cm³/mol. The molecular weight excluding hydrogens is 252 g/mol. The van der Waals surface area contributed by atoms with E-state index in [0.717, 1.165) is 6.07 Å². The summed E-state index contributed by atoms with van der Waals surface area (Å²) in [6.45, 7) is 3.60. The molecule has 0 radical (unpaired) electrons. The van der Waals surface area contributed by atoms with Crippen molar-refractivity contribution in [3.8, 4) is 0 Å². The Morgan fingerprint density at radius 3 is 2.79 bits per heavy atom. The summed E-state index contributed by atoms with van der Waals surface area (Å²) in [6.07, 6.45) is 0. The van der Waals surface area contributed by atoms with Crippen molar-refractivity contribution < 1.29 is 18.3 Å². The Hall–Kier alpha value is -1.49. The van der Waals surface area contributed by atoms with Crippen LogP contribution in [0.5, 0.6) is 0 Å². The fraction of sp³-hybridized carbons (Fsp3) is 0.500. The molecule has 1 heterocycles. The number of carbonyl (C=O) groups excluding carboxylic acids is 1. The van der Waals surface area contributed by atoms with Crippen molar-refractivity contribution >= 4 is 5.97 Å². The number of likely N-dealkylation sites (tertiary alicyclic amines) is 1. The lowest BCUT2D eigenvalue weighted by Crippen LogP contribution is -2.24. The first-order chi connectivity index (χ1) is 9.01. The lowest BCUT2D eigenvalue weighted by molar-refractivity contribution is -0.146. The van der Waals surface area contributed by atoms with Crippen LogP contribution < -0.4 is 0 Å². The molecule has 1 aromatic rings. The lowest BCUT2D eigenvalue weighted by Gasteiger charge is -2.15. The Labute approximate surface area is 111 Å². The molecule has 19 heavy (non-hydrogen) atoms. The summed E-state index contributed by atoms with van der Waals surface area (Å²) in [4.78, 5) is 13.6. The van der Waals surface area contributed by atoms with Crippen LogP contribution in [-0.4, -0.2) is 31.1 Å². The first-order valence-electron chi connectivity index (χ1n) is 6.25. The van der Waals surface area contributed by atoms with Crippen LogP contribution >= 0.6 is 0 Å². The number of esters is 1. The third kappa shape index (κ3) is 3.10. The highest BCUT2D eigenvalue weighted by Gasteiger charge is 2.35. The zero-order valence-electron chi connectivity index (χ0n) is 11.0. The van der Waals surface area contributed by atoms with E-state index in [1.165, 1.54) is 19.2 Å². The molecule has 3 nitrogen and oxygen atoms in total. The Bertz CT molecular complexity index is 479. The van der Waals surface area contributed by atoms with Crippen molar-refractivity contribution in [3.05, 3.63) is 35.4 Å². The molecule has 0 bridgehead atoms. The van der Waals surface area contributed by atoms with Crippen LogP contribution in [0.2, 0.25) is 0 Å². The molecular formula is C14H17F2NO2. The Kier molecular flexibility index (Phi) is 4.14. The Morgan fingerprint density at radius 1 is 1.42 bits per heavy atom. The molecule has 0 amide bonds. The van der Waals surface area contributed by atoms with Gasteiger partial charge in [0.15, 0.2) is 0 Å². The smallest absolute Gasteiger partial charge is 0.310 e. The summed E-state index contributed by atoms with van der Waals surface area (Å²) in [5, 5.41) is 0. The summed E-state index contributed by atoms with van der Waals surface area (Å²) < 4.78 is 31.1. The van der Waals surface area contributed by atoms with Crippen molar-refractivity contribution in [1.82, 2.24) is 4.90 Å². The standard InChI is InChI=1S/C14H17F2NO2/c1-9-6-17(8-12(9)14(18)19-2)7-10-3-4-11(15)5-13(10)16/h3-5,9,12H,6-8H2,1-2H3. The van der Waals surface area contributed by atoms with Gasteiger partial charge in [-0.1, -0.05) is 13.0 Å². The second kappa shape index (κ2) is 5.65. The Balaban J connectivity index is 2.03. The minimum atomic E-state index is -0.580. The van der Waals surface area contributed by atoms with Crippen LogP contribution in [0.3, 0.4) is 0 Å². The fourth-order valence-electron chi connectivity index (χ4n) is 2.55. The van der Waals surface area contributed by atoms with Gasteiger partial charge in [-0.2, -0.15) is 0 Å². The van der Waals surface area contributed by atoms with Gasteiger partial charge >= 0.3 is 5.97 Å². The first-order valence-corrected chi connectivity index (χ1v) is 6.25. The number of carbonyl (C=O) groups is 1. The van der Waals surface area contributed by atoms with E-state index in [9.17, 15) is 13.6 Å². The maximum Gasteiger partial charge on any atom is 0.310 e. The van der Waals surface area contributed by atoms with Crippen molar-refractivity contribution in [3.63, 3.8) is 0 Å². The van der Waals surface area contributed by atoms with Crippen LogP contribution in [-0.2, 0) is 16.1 Å². The van der Waals surface area contributed by atoms with Gasteiger partial charge in [-0.05, 0) is 12.0 Å². The third-order valence-corrected chi connectivity index (χ3v) is 3.60. The van der Waals surface area contributed by atoms with Crippen LogP contribution in [0.25, 0.3) is 0 Å². The quantitative estimate of drug-likeness (QED) is 0.788. The van der Waals surface area contributed by atoms with Crippen LogP contribution in [0.15, 0.2) is 18.2 Å². The van der Waals surface area contributed by atoms with Gasteiger partial charge in [0.1, 0.15) is 11.6 Å². The molecule has 1 aromatic carbocycles. The normalized spacial score (nSPS) is 23.6. The van der Waals surface area contributed by atoms with E-state index in [4.69, 9.17) is 4.74 Å². The average molecular weight is 269 g/mol. The SMILES string of the molecule is COC(=O)C1CN(Cc2ccc(F)cc2F)CC1C. The van der Waals surface area contributed by atoms with Gasteiger partial charge in [0.2, 0.25) is 0 Å². The van der Waals surface area contributed by atoms with Crippen molar-refractivity contribution in [2.75, 3.05) is 20.2 Å². The summed E-state index contributed by atoms with van der Waals surface area (Å²) in [5.74, 6) is -1.35. The van der Waals surface area contributed by atoms with E-state index < -0.39 is 11.6 Å². The van der Waals surface area contributed by atoms with Gasteiger partial charge in [-0.25, -0.2) is 8.78 Å². The number of ether oxygens (including phenoxy) is 1. The fourth-order valence-corrected chi connectivity index (χ4v) is 2.55. The molecule has 104 valence electrons. The molecule has 1 aliphatic rings. The molecule has 1 saturated heterocycles. The predicted octanol–water partition coefficient (Wildman–Crippen LogP) is 2.21. The largest absolute Gasteiger partial charge is 0.469 e. The molecule has 2 atom stereocenters. The van der Waals surface area contributed by atoms with E-state index in [-0.39, 0.29) is 17.8 Å². The van der Waals surface area contributed by atoms with E-state index >= 15 is 0 Å². The number of halogens is 2. The van der Waals surface area contributed by atoms with Gasteiger partial charge < -0.3 is 4.74 Å². The molecule has 1 aliphatic heterocycles. The highest BCUT2D eigenvalue weighted by molar-refractivity contribution is 5.73. The zero-order chi connectivity index (χ0) is 14.0. The second-order valence-electron chi connectivity index (χ2n) is 5.04. The summed E-state index contributed by atoms with van der Waals surface area (Å²) in [7, 11) is 1.37. The van der Waals surface area contributed by atoms with Gasteiger partial charge in [0.25, 0.3) is 0 Å². The molecule has 5 heteroatoms. The molecule has 2 rings (SSSR count). The maximum atomic E-state index is 13.6. The average Bonchev–Trinajstić information content (AvgIpc) is 2.73. The summed E-state index contributed by atoms with van der Waals surface area (Å²) in [6, 6.07) is 3.57. The number of benzene rings is 1. The topological polar surface area (TPSA) is 29.5 Å². The van der Waals surface area contributed by atoms with Crippen molar-refractivity contribution in [2.24, 2.45) is 11.8 Å². The zero-order valence-corrected chi connectivity index (χ0v) is 11.0. The van der Waals surface area contributed by atoms with E-state index in [1.54, 1.807) is 0 Å². The monoisotopic (exact) mass is 269 g/mol. The van der Waals surface area contributed by atoms with Crippen LogP contribution in [0, 0.1) is 23.5 Å². The Morgan fingerprint density at radius 2 is 2.16 bits per heavy atom. The number of hydrogen-bond donors (Lipinski definition) is 0. The molecule has 0 aromatic heterocycles. The number of methoxy groups -OCH3 is 1. The van der Waals surface area contributed by atoms with Gasteiger partial charge in [-0.15, -0.1) is 0 Å². The van der Waals surface area contributed by atoms with Gasteiger partial charge in [-0.3, -0.25) is 9.69 Å². The number of nitrogens with zero attached hydrogens (tertiary/aromatic N) is 1. The first kappa shape index (κ1) is 13.9. The van der Waals surface area contributed by atoms with E-state index in [1.807, 2.05) is 11.8 Å². The third-order valence-electron chi connectivity index (χ3n) is 3.60.